The van der Waals surface area contributed by atoms with E-state index in [2.05, 4.69) is 31.3 Å². The van der Waals surface area contributed by atoms with Gasteiger partial charge >= 0.3 is 0 Å². The number of nitrogens with one attached hydrogen (secondary N) is 1. The molecule has 2 aromatic rings. The summed E-state index contributed by atoms with van der Waals surface area (Å²) in [4.78, 5) is 0.900. The van der Waals surface area contributed by atoms with Crippen LogP contribution in [0.3, 0.4) is 0 Å². The molecule has 0 amide bonds. The summed E-state index contributed by atoms with van der Waals surface area (Å²) in [5.74, 6) is 0.599. The predicted octanol–water partition coefficient (Wildman–Crippen LogP) is 3.76. The lowest BCUT2D eigenvalue weighted by atomic mass is 10.0. The van der Waals surface area contributed by atoms with Crippen molar-refractivity contribution in [3.05, 3.63) is 65.2 Å². The maximum Gasteiger partial charge on any atom is 0.0548 e. The topological polar surface area (TPSA) is 29.1 Å². The van der Waals surface area contributed by atoms with Gasteiger partial charge in [0.25, 0.3) is 0 Å². The minimum atomic E-state index is -0.994. The van der Waals surface area contributed by atoms with Crippen molar-refractivity contribution < 1.29 is 4.21 Å². The lowest BCUT2D eigenvalue weighted by Gasteiger charge is -2.20. The van der Waals surface area contributed by atoms with Gasteiger partial charge in [0.05, 0.1) is 10.8 Å². The number of hydrogen-bond donors (Lipinski definition) is 1. The van der Waals surface area contributed by atoms with Crippen LogP contribution in [0.5, 0.6) is 0 Å². The van der Waals surface area contributed by atoms with E-state index in [1.807, 2.05) is 43.3 Å². The van der Waals surface area contributed by atoms with E-state index in [0.29, 0.717) is 5.75 Å². The first-order valence-electron chi connectivity index (χ1n) is 7.35. The summed E-state index contributed by atoms with van der Waals surface area (Å²) in [5, 5.41) is 3.46. The van der Waals surface area contributed by atoms with Gasteiger partial charge in [-0.15, -0.1) is 0 Å². The second-order valence-electron chi connectivity index (χ2n) is 5.29. The van der Waals surface area contributed by atoms with Crippen LogP contribution in [-0.2, 0) is 10.8 Å². The summed E-state index contributed by atoms with van der Waals surface area (Å²) in [6.45, 7) is 7.10. The zero-order chi connectivity index (χ0) is 15.2. The van der Waals surface area contributed by atoms with Gasteiger partial charge in [0.15, 0.2) is 0 Å². The van der Waals surface area contributed by atoms with Crippen LogP contribution >= 0.6 is 0 Å². The average molecular weight is 301 g/mol. The van der Waals surface area contributed by atoms with Crippen LogP contribution in [0.25, 0.3) is 0 Å². The highest BCUT2D eigenvalue weighted by Gasteiger charge is 2.16. The van der Waals surface area contributed by atoms with Crippen LogP contribution in [0.15, 0.2) is 53.4 Å². The van der Waals surface area contributed by atoms with Gasteiger partial charge in [-0.3, -0.25) is 4.21 Å². The van der Waals surface area contributed by atoms with Gasteiger partial charge in [-0.1, -0.05) is 48.9 Å². The van der Waals surface area contributed by atoms with E-state index in [1.54, 1.807) is 0 Å². The van der Waals surface area contributed by atoms with Crippen molar-refractivity contribution in [2.24, 2.45) is 0 Å². The van der Waals surface area contributed by atoms with Crippen LogP contribution in [0.1, 0.15) is 29.7 Å². The summed E-state index contributed by atoms with van der Waals surface area (Å²) in [7, 11) is -0.994. The summed E-state index contributed by atoms with van der Waals surface area (Å²) < 4.78 is 12.6. The van der Waals surface area contributed by atoms with Crippen LogP contribution < -0.4 is 5.32 Å². The fourth-order valence-corrected chi connectivity index (χ4v) is 3.65. The van der Waals surface area contributed by atoms with Gasteiger partial charge < -0.3 is 5.32 Å². The summed E-state index contributed by atoms with van der Waals surface area (Å²) in [6, 6.07) is 16.4. The van der Waals surface area contributed by atoms with Gasteiger partial charge in [-0.25, -0.2) is 0 Å². The highest BCUT2D eigenvalue weighted by molar-refractivity contribution is 7.85. The quantitative estimate of drug-likeness (QED) is 0.880. The molecule has 0 heterocycles. The molecule has 0 aromatic heterocycles. The highest BCUT2D eigenvalue weighted by Crippen LogP contribution is 2.21. The second-order valence-corrected chi connectivity index (χ2v) is 6.79. The third kappa shape index (κ3) is 4.26. The number of rotatable bonds is 6. The number of aryl methyl sites for hydroxylation is 2. The van der Waals surface area contributed by atoms with Crippen LogP contribution in [-0.4, -0.2) is 16.5 Å². The number of hydrogen-bond acceptors (Lipinski definition) is 2. The molecule has 0 bridgehead atoms. The molecule has 1 N–H and O–H groups in total. The third-order valence-corrected chi connectivity index (χ3v) is 5.05. The van der Waals surface area contributed by atoms with Gasteiger partial charge in [-0.05, 0) is 43.7 Å². The summed E-state index contributed by atoms with van der Waals surface area (Å²) in [6.07, 6.45) is 0. The molecule has 2 atom stereocenters. The van der Waals surface area contributed by atoms with Gasteiger partial charge in [0.2, 0.25) is 0 Å². The smallest absolute Gasteiger partial charge is 0.0548 e. The molecule has 2 nitrogen and oxygen atoms in total. The Bertz CT molecular complexity index is 607. The molecule has 0 aliphatic carbocycles. The normalized spacial score (nSPS) is 13.9. The highest BCUT2D eigenvalue weighted by atomic mass is 32.2. The standard InChI is InChI=1S/C18H23NOS/c1-4-19-18(17-8-6-5-7-15(17)3)13-21(20)16-11-9-14(2)10-12-16/h5-12,18-19H,4,13H2,1-3H3. The van der Waals surface area contributed by atoms with Crippen molar-refractivity contribution in [3.8, 4) is 0 Å². The van der Waals surface area contributed by atoms with Crippen molar-refractivity contribution in [2.75, 3.05) is 12.3 Å². The largest absolute Gasteiger partial charge is 0.309 e. The molecular weight excluding hydrogens is 278 g/mol. The first-order chi connectivity index (χ1) is 10.1. The van der Waals surface area contributed by atoms with Crippen molar-refractivity contribution in [1.82, 2.24) is 5.32 Å². The second kappa shape index (κ2) is 7.53. The lowest BCUT2D eigenvalue weighted by molar-refractivity contribution is 0.592. The zero-order valence-corrected chi connectivity index (χ0v) is 13.7. The molecule has 0 radical (unpaired) electrons. The lowest BCUT2D eigenvalue weighted by Crippen LogP contribution is -2.26. The van der Waals surface area contributed by atoms with E-state index in [9.17, 15) is 4.21 Å². The van der Waals surface area contributed by atoms with E-state index in [0.717, 1.165) is 11.4 Å². The van der Waals surface area contributed by atoms with Gasteiger partial charge in [-0.2, -0.15) is 0 Å². The molecule has 3 heteroatoms. The Morgan fingerprint density at radius 2 is 1.71 bits per heavy atom. The van der Waals surface area contributed by atoms with Crippen molar-refractivity contribution >= 4 is 10.8 Å². The maximum absolute atomic E-state index is 12.6. The first-order valence-corrected chi connectivity index (χ1v) is 8.67. The van der Waals surface area contributed by atoms with Crippen LogP contribution in [0, 0.1) is 13.8 Å². The van der Waals surface area contributed by atoms with Crippen molar-refractivity contribution in [2.45, 2.75) is 31.7 Å². The number of benzene rings is 2. The molecule has 112 valence electrons. The van der Waals surface area contributed by atoms with Gasteiger partial charge in [0, 0.05) is 16.7 Å². The molecule has 0 aliphatic heterocycles. The van der Waals surface area contributed by atoms with Crippen molar-refractivity contribution in [1.29, 1.82) is 0 Å². The summed E-state index contributed by atoms with van der Waals surface area (Å²) >= 11 is 0. The van der Waals surface area contributed by atoms with E-state index in [4.69, 9.17) is 0 Å². The summed E-state index contributed by atoms with van der Waals surface area (Å²) in [5.41, 5.74) is 3.67. The minimum absolute atomic E-state index is 0.123. The average Bonchev–Trinajstić information content (AvgIpc) is 2.48. The van der Waals surface area contributed by atoms with E-state index in [1.165, 1.54) is 16.7 Å². The Morgan fingerprint density at radius 3 is 2.33 bits per heavy atom. The fourth-order valence-electron chi connectivity index (χ4n) is 2.42. The Morgan fingerprint density at radius 1 is 1.05 bits per heavy atom. The van der Waals surface area contributed by atoms with Crippen LogP contribution in [0.4, 0.5) is 0 Å². The van der Waals surface area contributed by atoms with Crippen molar-refractivity contribution in [3.63, 3.8) is 0 Å². The Kier molecular flexibility index (Phi) is 5.71. The third-order valence-electron chi connectivity index (χ3n) is 3.62. The molecule has 0 saturated heterocycles. The van der Waals surface area contributed by atoms with Gasteiger partial charge in [0.1, 0.15) is 0 Å². The molecule has 0 aliphatic rings. The molecule has 21 heavy (non-hydrogen) atoms. The minimum Gasteiger partial charge on any atom is -0.309 e. The first kappa shape index (κ1) is 15.9. The SMILES string of the molecule is CCNC(CS(=O)c1ccc(C)cc1)c1ccccc1C. The van der Waals surface area contributed by atoms with E-state index >= 15 is 0 Å². The molecular formula is C18H23NOS. The predicted molar refractivity (Wildman–Crippen MR) is 90.1 cm³/mol. The molecule has 0 fully saturated rings. The maximum atomic E-state index is 12.6. The monoisotopic (exact) mass is 301 g/mol. The molecule has 0 spiro atoms. The van der Waals surface area contributed by atoms with E-state index < -0.39 is 10.8 Å². The Hall–Kier alpha value is -1.45. The molecule has 2 rings (SSSR count). The Balaban J connectivity index is 2.18. The molecule has 0 saturated carbocycles. The van der Waals surface area contributed by atoms with Crippen LogP contribution in [0.2, 0.25) is 0 Å². The zero-order valence-electron chi connectivity index (χ0n) is 12.9. The Labute approximate surface area is 130 Å². The fraction of sp³-hybridized carbons (Fsp3) is 0.333. The van der Waals surface area contributed by atoms with E-state index in [-0.39, 0.29) is 6.04 Å². The molecule has 2 aromatic carbocycles. The molecule has 2 unspecified atom stereocenters.